The van der Waals surface area contributed by atoms with Crippen LogP contribution in [0.1, 0.15) is 179 Å². The van der Waals surface area contributed by atoms with Crippen LogP contribution >= 0.6 is 34.4 Å². The lowest BCUT2D eigenvalue weighted by atomic mass is 9.79. The first kappa shape index (κ1) is 109. The van der Waals surface area contributed by atoms with Crippen molar-refractivity contribution < 1.29 is 149 Å². The number of esters is 4. The molecule has 674 valence electrons. The molecule has 118 heavy (non-hydrogen) atoms. The number of aryl methyl sites for hydroxylation is 1. The summed E-state index contributed by atoms with van der Waals surface area (Å²) in [6, 6.07) is 4.78. The van der Waals surface area contributed by atoms with Gasteiger partial charge in [-0.25, -0.2) is 14.7 Å². The van der Waals surface area contributed by atoms with Gasteiger partial charge < -0.3 is 103 Å². The quantitative estimate of drug-likeness (QED) is 0.00803. The number of carbonyl (C=O) groups excluding carboxylic acids is 10. The molecule has 4 rings (SSSR count). The number of carbonyl (C=O) groups is 11. The minimum Gasteiger partial charge on any atom is -0.481 e. The number of thioether (sulfide) groups is 1. The molecule has 10 N–H and O–H groups in total. The maximum Gasteiger partial charge on any atom is 0.328 e. The normalized spacial score (nSPS) is 16.7. The van der Waals surface area contributed by atoms with Crippen LogP contribution in [0.3, 0.4) is 0 Å². The highest BCUT2D eigenvalue weighted by Gasteiger charge is 2.40. The van der Waals surface area contributed by atoms with Crippen molar-refractivity contribution >= 4 is 111 Å². The number of hydrogen-bond donors (Lipinski definition) is 10. The number of nitrogens with one attached hydrogen (secondary N) is 4. The summed E-state index contributed by atoms with van der Waals surface area (Å²) in [5, 5.41) is 60.7. The third kappa shape index (κ3) is 45.0. The highest BCUT2D eigenvalue weighted by atomic mass is 127. The molecule has 1 aromatic carbocycles. The van der Waals surface area contributed by atoms with Gasteiger partial charge in [-0.3, -0.25) is 67.0 Å². The van der Waals surface area contributed by atoms with E-state index in [4.69, 9.17) is 87.2 Å². The summed E-state index contributed by atoms with van der Waals surface area (Å²) < 4.78 is 77.8. The van der Waals surface area contributed by atoms with Crippen LogP contribution < -0.4 is 27.0 Å². The number of hydrogen-bond acceptors (Lipinski definition) is 32. The predicted octanol–water partition coefficient (Wildman–Crippen LogP) is 4.87. The number of halogens is 2. The molecule has 40 heteroatoms. The Morgan fingerprint density at radius 3 is 1.58 bits per heavy atom. The number of aliphatic hydroxyl groups is 5. The molecule has 1 saturated carbocycles. The largest absolute Gasteiger partial charge is 0.481 e. The van der Waals surface area contributed by atoms with Crippen LogP contribution in [-0.2, 0) is 117 Å². The van der Waals surface area contributed by atoms with Gasteiger partial charge in [0.05, 0.1) is 74.0 Å². The predicted molar refractivity (Wildman–Crippen MR) is 433 cm³/mol. The summed E-state index contributed by atoms with van der Waals surface area (Å²) in [6.45, 7) is 11.5. The Bertz CT molecular complexity index is 3350. The van der Waals surface area contributed by atoms with Crippen LogP contribution in [0.5, 0.6) is 0 Å². The van der Waals surface area contributed by atoms with Gasteiger partial charge in [-0.05, 0) is 137 Å². The number of carboxylic acid groups (broad SMARTS) is 1. The van der Waals surface area contributed by atoms with Gasteiger partial charge in [0.15, 0.2) is 25.2 Å². The van der Waals surface area contributed by atoms with Gasteiger partial charge >= 0.3 is 29.8 Å². The third-order valence-corrected chi connectivity index (χ3v) is 20.0. The number of Topliss-reactive ketones (excluding diaryl/α,β-unsaturated/α-hetero) is 1. The molecular weight excluding hydrogens is 1690 g/mol. The van der Waals surface area contributed by atoms with Crippen LogP contribution in [-0.4, -0.2) is 279 Å². The lowest BCUT2D eigenvalue weighted by molar-refractivity contribution is -0.194. The Hall–Kier alpha value is -7.01. The van der Waals surface area contributed by atoms with Gasteiger partial charge in [0.1, 0.15) is 56.5 Å². The number of carboxylic acids is 1. The zero-order chi connectivity index (χ0) is 88.7. The molecule has 1 aromatic heterocycles. The molecule has 1 saturated heterocycles. The average molecular weight is 1820 g/mol. The molecule has 37 nitrogen and oxygen atoms in total. The molecule has 9 unspecified atom stereocenters. The van der Waals surface area contributed by atoms with Crippen molar-refractivity contribution in [2.24, 2.45) is 18.9 Å². The van der Waals surface area contributed by atoms with E-state index in [0.717, 1.165) is 25.7 Å². The fourth-order valence-corrected chi connectivity index (χ4v) is 12.4. The van der Waals surface area contributed by atoms with Crippen LogP contribution in [0.15, 0.2) is 29.1 Å². The second-order valence-electron chi connectivity index (χ2n) is 27.0. The molecule has 2 aliphatic rings. The number of hydroxylamine groups is 1. The van der Waals surface area contributed by atoms with E-state index in [0.29, 0.717) is 66.7 Å². The van der Waals surface area contributed by atoms with Crippen molar-refractivity contribution in [2.75, 3.05) is 119 Å². The number of ketones is 1. The number of benzene rings is 1. The van der Waals surface area contributed by atoms with E-state index in [1.54, 1.807) is 6.07 Å². The molecule has 2 heterocycles. The minimum absolute atomic E-state index is 0.00508. The number of methoxy groups -OCH3 is 4. The van der Waals surface area contributed by atoms with Crippen molar-refractivity contribution in [3.8, 4) is 0 Å². The Morgan fingerprint density at radius 2 is 1.11 bits per heavy atom. The zero-order valence-corrected chi connectivity index (χ0v) is 72.8. The van der Waals surface area contributed by atoms with Crippen molar-refractivity contribution in [3.63, 3.8) is 0 Å². The summed E-state index contributed by atoms with van der Waals surface area (Å²) in [5.74, 6) is -4.26. The number of aromatic nitrogens is 1. The van der Waals surface area contributed by atoms with Gasteiger partial charge in [0.2, 0.25) is 23.6 Å². The Kier molecular flexibility index (Phi) is 59.0. The summed E-state index contributed by atoms with van der Waals surface area (Å²) in [6.07, 6.45) is 3.05. The molecule has 0 radical (unpaired) electrons. The first-order chi connectivity index (χ1) is 56.3. The molecule has 10 atom stereocenters. The number of rotatable bonds is 56. The second-order valence-corrected chi connectivity index (χ2v) is 29.5. The number of pyridine rings is 1. The van der Waals surface area contributed by atoms with E-state index >= 15 is 0 Å². The highest BCUT2D eigenvalue weighted by Crippen LogP contribution is 2.33. The number of imide groups is 1. The SMILES string of the molecule is CCC(=O)C1CCC(CN2C(=O)CC(SCCNC(=O)CCCC(=O)OCC(CC)OC(CO)OC)C2=O)CC1.CCC(CO)OC(CO)OC.CCC(CO)OC(COC(=O)CCCC(=O)N[C@@H](C)C(=O)OCCONC(=O)c1cc(C)c(=O)n(C)c1Nc1ccc(I)cc1F)OC.CCC(CO)OC(COC(=O)CCCC(=O)O)OC. The first-order valence-corrected chi connectivity index (χ1v) is 41.5. The van der Waals surface area contributed by atoms with Gasteiger partial charge in [0.25, 0.3) is 11.5 Å². The maximum atomic E-state index is 14.5. The smallest absolute Gasteiger partial charge is 0.328 e. The van der Waals surface area contributed by atoms with Gasteiger partial charge in [-0.2, -0.15) is 0 Å². The number of aliphatic hydroxyl groups excluding tert-OH is 5. The van der Waals surface area contributed by atoms with E-state index in [9.17, 15) is 67.0 Å². The summed E-state index contributed by atoms with van der Waals surface area (Å²) in [5.41, 5.74) is 2.15. The van der Waals surface area contributed by atoms with Crippen LogP contribution in [0, 0.1) is 28.1 Å². The summed E-state index contributed by atoms with van der Waals surface area (Å²) >= 11 is 3.33. The number of amides is 5. The molecule has 2 fully saturated rings. The topological polar surface area (TPSA) is 502 Å². The monoisotopic (exact) mass is 1820 g/mol. The van der Waals surface area contributed by atoms with Crippen LogP contribution in [0.25, 0.3) is 0 Å². The summed E-state index contributed by atoms with van der Waals surface area (Å²) in [7, 11) is 7.09. The number of ether oxygens (including phenoxy) is 12. The number of anilines is 2. The van der Waals surface area contributed by atoms with Crippen molar-refractivity contribution in [1.29, 1.82) is 0 Å². The Morgan fingerprint density at radius 1 is 0.619 bits per heavy atom. The molecule has 1 aliphatic heterocycles. The second kappa shape index (κ2) is 63.9. The molecule has 5 amide bonds. The van der Waals surface area contributed by atoms with E-state index in [-0.39, 0.29) is 194 Å². The molecule has 2 aromatic rings. The lowest BCUT2D eigenvalue weighted by Gasteiger charge is -2.30. The summed E-state index contributed by atoms with van der Waals surface area (Å²) in [4.78, 5) is 151. The van der Waals surface area contributed by atoms with Gasteiger partial charge in [-0.15, -0.1) is 11.8 Å². The van der Waals surface area contributed by atoms with E-state index in [2.05, 4.69) is 21.4 Å². The molecular formula is C78H126FIN6O31S. The fraction of sp³-hybridized carbons (Fsp3) is 0.718. The zero-order valence-electron chi connectivity index (χ0n) is 69.8. The van der Waals surface area contributed by atoms with Crippen LogP contribution in [0.2, 0.25) is 0 Å². The molecule has 0 bridgehead atoms. The third-order valence-electron chi connectivity index (χ3n) is 18.1. The lowest BCUT2D eigenvalue weighted by Crippen LogP contribution is -2.40. The van der Waals surface area contributed by atoms with Crippen molar-refractivity contribution in [3.05, 3.63) is 55.1 Å². The van der Waals surface area contributed by atoms with E-state index in [1.165, 1.54) is 88.8 Å². The Labute approximate surface area is 706 Å². The number of aliphatic carboxylic acids is 1. The van der Waals surface area contributed by atoms with Crippen LogP contribution in [0.4, 0.5) is 15.9 Å². The van der Waals surface area contributed by atoms with Crippen molar-refractivity contribution in [2.45, 2.75) is 231 Å². The van der Waals surface area contributed by atoms with E-state index < -0.39 is 96.1 Å². The van der Waals surface area contributed by atoms with Gasteiger partial charge in [-0.1, -0.05) is 34.6 Å². The van der Waals surface area contributed by atoms with Crippen molar-refractivity contribution in [1.82, 2.24) is 25.6 Å². The van der Waals surface area contributed by atoms with Gasteiger partial charge in [0, 0.05) is 121 Å². The fourth-order valence-electron chi connectivity index (χ4n) is 10.9. The first-order valence-electron chi connectivity index (χ1n) is 39.4. The molecule has 1 aliphatic carbocycles. The maximum absolute atomic E-state index is 14.5. The Balaban J connectivity index is 0.000000886. The highest BCUT2D eigenvalue weighted by molar-refractivity contribution is 14.1. The number of nitrogens with zero attached hydrogens (tertiary/aromatic N) is 2. The molecule has 0 spiro atoms. The number of likely N-dealkylation sites (tertiary alicyclic amines) is 1. The van der Waals surface area contributed by atoms with E-state index in [1.807, 2.05) is 57.2 Å². The average Bonchev–Trinajstić information content (AvgIpc) is 0.954. The minimum atomic E-state index is -0.999. The standard InChI is InChI=1S/C31H42FIN4O11.C28H46N2O9S.C12H22O7.C7H16O4/c1-6-21(16-38)48-27(44-5)17-46-26(40)9-7-8-25(39)34-19(3)31(43)45-12-13-47-36-29(41)22-14-18(2)30(42)37(4)28(22)35-24-11-10-20(33)15-23(24)32;1-4-21(39-27(17-31)37-3)18-38-26(35)8-6-7-24(33)29-13-14-40-23-15-25(34)30(28(23)36)16-19-9-11-20(12-10-19)22(32)5-2;1-3-9(7-13)19-12(17-2)8-18-11(16)6-4-5-10(14)15;1-3-6(4-8)11-7(5-9)10-2/h10-11,14-15,19,21,27,35,38H,6-9,12-13,16-17H2,1-5H3,(H,34,39)(H,36,41);19-21,23,27,31H,4-18H2,1-3H3,(H,29,33);9,12-13H,3-8H2,1-2H3,(H,14,15);6-9H,3-5H2,1-2H3/t19-,21?,27?;;;/m0.../s1.